The smallest absolute Gasteiger partial charge is 0.335 e. The van der Waals surface area contributed by atoms with Crippen LogP contribution in [0.25, 0.3) is 22.3 Å². The molecule has 0 saturated carbocycles. The minimum atomic E-state index is -0.505. The molecule has 0 aliphatic heterocycles. The zero-order chi connectivity index (χ0) is 26.9. The van der Waals surface area contributed by atoms with Crippen molar-refractivity contribution in [1.29, 1.82) is 0 Å². The number of methoxy groups -OCH3 is 1. The van der Waals surface area contributed by atoms with E-state index in [1.54, 1.807) is 31.4 Å². The third-order valence-electron chi connectivity index (χ3n) is 4.42. The fourth-order valence-electron chi connectivity index (χ4n) is 2.84. The van der Waals surface area contributed by atoms with Crippen molar-refractivity contribution in [2.75, 3.05) is 7.11 Å². The highest BCUT2D eigenvalue weighted by molar-refractivity contribution is 5.84. The van der Waals surface area contributed by atoms with Crippen LogP contribution in [-0.4, -0.2) is 25.3 Å². The van der Waals surface area contributed by atoms with Gasteiger partial charge in [0.05, 0.1) is 7.11 Å². The molecule has 3 aromatic rings. The van der Waals surface area contributed by atoms with E-state index < -0.39 is 11.9 Å². The Labute approximate surface area is 212 Å². The van der Waals surface area contributed by atoms with E-state index in [9.17, 15) is 9.59 Å². The van der Waals surface area contributed by atoms with Gasteiger partial charge in [0.15, 0.2) is 0 Å². The summed E-state index contributed by atoms with van der Waals surface area (Å²) in [6, 6.07) is 20.2. The van der Waals surface area contributed by atoms with Crippen molar-refractivity contribution in [3.63, 3.8) is 0 Å². The summed E-state index contributed by atoms with van der Waals surface area (Å²) in [6.45, 7) is 13.9. The van der Waals surface area contributed by atoms with Gasteiger partial charge in [-0.2, -0.15) is 0 Å². The molecule has 0 aliphatic carbocycles. The van der Waals surface area contributed by atoms with E-state index in [1.807, 2.05) is 56.3 Å². The predicted octanol–water partition coefficient (Wildman–Crippen LogP) is 6.61. The zero-order valence-corrected chi connectivity index (χ0v) is 20.7. The second-order valence-electron chi connectivity index (χ2n) is 6.59. The minimum Gasteiger partial charge on any atom is -0.496 e. The highest BCUT2D eigenvalue weighted by Gasteiger charge is 2.10. The van der Waals surface area contributed by atoms with Gasteiger partial charge in [-0.1, -0.05) is 70.0 Å². The maximum Gasteiger partial charge on any atom is 0.335 e. The van der Waals surface area contributed by atoms with Crippen LogP contribution in [0, 0.1) is 0 Å². The van der Waals surface area contributed by atoms with Gasteiger partial charge in [0, 0.05) is 17.7 Å². The van der Waals surface area contributed by atoms with Gasteiger partial charge in [-0.05, 0) is 53.1 Å². The first-order chi connectivity index (χ1) is 17.4. The third kappa shape index (κ3) is 8.91. The van der Waals surface area contributed by atoms with Crippen LogP contribution in [0.3, 0.4) is 0 Å². The Kier molecular flexibility index (Phi) is 13.0. The molecule has 0 unspecified atom stereocenters. The number of hydrogen-bond acceptors (Lipinski definition) is 6. The highest BCUT2D eigenvalue weighted by Crippen LogP contribution is 2.35. The Morgan fingerprint density at radius 2 is 1.11 bits per heavy atom. The number of rotatable bonds is 8. The Morgan fingerprint density at radius 1 is 0.694 bits per heavy atom. The molecule has 186 valence electrons. The van der Waals surface area contributed by atoms with Crippen LogP contribution >= 0.6 is 0 Å². The van der Waals surface area contributed by atoms with Gasteiger partial charge in [0.1, 0.15) is 23.5 Å². The van der Waals surface area contributed by atoms with E-state index in [-0.39, 0.29) is 0 Å². The van der Waals surface area contributed by atoms with E-state index in [0.29, 0.717) is 23.5 Å². The van der Waals surface area contributed by atoms with E-state index in [1.165, 1.54) is 6.08 Å². The number of esters is 2. The number of benzene rings is 3. The van der Waals surface area contributed by atoms with Crippen LogP contribution in [0.15, 0.2) is 105 Å². The summed E-state index contributed by atoms with van der Waals surface area (Å²) in [4.78, 5) is 31.7. The zero-order valence-electron chi connectivity index (χ0n) is 20.7. The SMILES string of the molecule is C=CC(=O)Oc1ccc(-c2ccc(-c3ccc(OC(=O)C=C)cc3)c(OC)c2)cc1.C=CC=O.CC. The maximum absolute atomic E-state index is 11.3. The Bertz CT molecular complexity index is 1170. The first-order valence-corrected chi connectivity index (χ1v) is 11.1. The number of aldehydes is 1. The third-order valence-corrected chi connectivity index (χ3v) is 4.42. The largest absolute Gasteiger partial charge is 0.496 e. The summed E-state index contributed by atoms with van der Waals surface area (Å²) in [5.41, 5.74) is 3.72. The van der Waals surface area contributed by atoms with Gasteiger partial charge in [0.2, 0.25) is 0 Å². The lowest BCUT2D eigenvalue weighted by atomic mass is 9.99. The maximum atomic E-state index is 11.3. The monoisotopic (exact) mass is 486 g/mol. The van der Waals surface area contributed by atoms with Crippen molar-refractivity contribution in [2.45, 2.75) is 13.8 Å². The number of ether oxygens (including phenoxy) is 3. The molecule has 6 heteroatoms. The van der Waals surface area contributed by atoms with E-state index in [4.69, 9.17) is 19.0 Å². The standard InChI is InChI=1S/C25H20O5.C3H4O.C2H6/c1-4-24(26)29-20-11-6-17(7-12-20)19-10-15-22(23(16-19)28-3)18-8-13-21(14-9-18)30-25(27)5-2;1-2-3-4;1-2/h4-16H,1-2H2,3H3;2-3H,1H2;1-2H3. The summed E-state index contributed by atoms with van der Waals surface area (Å²) < 4.78 is 15.8. The first kappa shape index (κ1) is 29.3. The fraction of sp³-hybridized carbons (Fsp3) is 0.100. The molecule has 0 atom stereocenters. The van der Waals surface area contributed by atoms with Crippen molar-refractivity contribution in [1.82, 2.24) is 0 Å². The second-order valence-corrected chi connectivity index (χ2v) is 6.59. The van der Waals surface area contributed by atoms with Crippen molar-refractivity contribution in [3.05, 3.63) is 105 Å². The number of allylic oxidation sites excluding steroid dienone is 1. The van der Waals surface area contributed by atoms with Crippen molar-refractivity contribution in [2.24, 2.45) is 0 Å². The molecule has 0 N–H and O–H groups in total. The van der Waals surface area contributed by atoms with Crippen LogP contribution in [0.1, 0.15) is 13.8 Å². The molecule has 0 aromatic heterocycles. The van der Waals surface area contributed by atoms with Gasteiger partial charge in [-0.15, -0.1) is 0 Å². The van der Waals surface area contributed by atoms with Crippen molar-refractivity contribution < 1.29 is 28.6 Å². The summed E-state index contributed by atoms with van der Waals surface area (Å²) >= 11 is 0. The van der Waals surface area contributed by atoms with Crippen LogP contribution in [0.2, 0.25) is 0 Å². The lowest BCUT2D eigenvalue weighted by molar-refractivity contribution is -0.129. The Hall–Kier alpha value is -4.71. The average molecular weight is 487 g/mol. The molecule has 0 heterocycles. The Morgan fingerprint density at radius 3 is 1.50 bits per heavy atom. The number of carbonyl (C=O) groups is 3. The molecule has 6 nitrogen and oxygen atoms in total. The molecule has 3 rings (SSSR count). The molecule has 0 amide bonds. The molecular weight excluding hydrogens is 456 g/mol. The van der Waals surface area contributed by atoms with Crippen molar-refractivity contribution >= 4 is 18.2 Å². The van der Waals surface area contributed by atoms with Gasteiger partial charge in [-0.25, -0.2) is 9.59 Å². The van der Waals surface area contributed by atoms with Gasteiger partial charge < -0.3 is 14.2 Å². The lowest BCUT2D eigenvalue weighted by Crippen LogP contribution is -2.02. The molecule has 0 bridgehead atoms. The minimum absolute atomic E-state index is 0.441. The van der Waals surface area contributed by atoms with E-state index in [0.717, 1.165) is 34.4 Å². The summed E-state index contributed by atoms with van der Waals surface area (Å²) in [7, 11) is 1.61. The first-order valence-electron chi connectivity index (χ1n) is 11.1. The molecule has 0 radical (unpaired) electrons. The second kappa shape index (κ2) is 16.0. The van der Waals surface area contributed by atoms with E-state index in [2.05, 4.69) is 19.7 Å². The van der Waals surface area contributed by atoms with Gasteiger partial charge in [-0.3, -0.25) is 4.79 Å². The summed E-state index contributed by atoms with van der Waals surface area (Å²) in [5, 5.41) is 0. The normalized spacial score (nSPS) is 9.08. The Balaban J connectivity index is 0.000000982. The number of hydrogen-bond donors (Lipinski definition) is 0. The van der Waals surface area contributed by atoms with Gasteiger partial charge in [0.25, 0.3) is 0 Å². The lowest BCUT2D eigenvalue weighted by Gasteiger charge is -2.12. The van der Waals surface area contributed by atoms with E-state index >= 15 is 0 Å². The molecule has 36 heavy (non-hydrogen) atoms. The molecule has 3 aromatic carbocycles. The van der Waals surface area contributed by atoms with Gasteiger partial charge >= 0.3 is 11.9 Å². The number of carbonyl (C=O) groups excluding carboxylic acids is 3. The molecule has 0 spiro atoms. The van der Waals surface area contributed by atoms with Crippen LogP contribution in [0.5, 0.6) is 17.2 Å². The summed E-state index contributed by atoms with van der Waals surface area (Å²) in [6.07, 6.45) is 4.07. The van der Waals surface area contributed by atoms with Crippen LogP contribution in [0.4, 0.5) is 0 Å². The highest BCUT2D eigenvalue weighted by atomic mass is 16.5. The average Bonchev–Trinajstić information content (AvgIpc) is 2.94. The fourth-order valence-corrected chi connectivity index (χ4v) is 2.84. The molecule has 0 aliphatic rings. The molecule has 0 fully saturated rings. The molecule has 0 saturated heterocycles. The predicted molar refractivity (Wildman–Crippen MR) is 143 cm³/mol. The summed E-state index contributed by atoms with van der Waals surface area (Å²) in [5.74, 6) is 0.584. The van der Waals surface area contributed by atoms with Crippen LogP contribution in [-0.2, 0) is 14.4 Å². The van der Waals surface area contributed by atoms with Crippen molar-refractivity contribution in [3.8, 4) is 39.5 Å². The quantitative estimate of drug-likeness (QED) is 0.154. The topological polar surface area (TPSA) is 78.9 Å². The molecular formula is C30H30O6. The van der Waals surface area contributed by atoms with Crippen LogP contribution < -0.4 is 14.2 Å².